The first kappa shape index (κ1) is 35.0. The number of carbonyl (C=O) groups is 1. The molecule has 0 bridgehead atoms. The summed E-state index contributed by atoms with van der Waals surface area (Å²) in [5.74, 6) is 4.90. The zero-order valence-electron chi connectivity index (χ0n) is 29.9. The third kappa shape index (κ3) is 7.37. The highest BCUT2D eigenvalue weighted by Gasteiger charge is 2.59. The van der Waals surface area contributed by atoms with Crippen LogP contribution in [0, 0.1) is 46.3 Å². The Hall–Kier alpha value is -1.86. The molecule has 0 saturated heterocycles. The number of sulfonamides is 1. The van der Waals surface area contributed by atoms with Crippen molar-refractivity contribution in [3.8, 4) is 0 Å². The third-order valence-electron chi connectivity index (χ3n) is 13.9. The molecule has 6 rings (SSSR count). The number of ether oxygens (including phenoxy) is 1. The standard InChI is InChI=1S/C40H62N2O4S/c1-27(2)10-9-11-28(3)35-20-21-36-34-19-14-29-26-32(22-24-39(29,4)37(34)23-25-40(35,36)5)46-38(43)41-30-15-17-33(18-16-30)47(44,45)42-31-12-7-6-8-13-31/h14-18,27-28,31-32,34-37,42H,6-13,19-26H2,1-5H3,(H,41,43)/t28-,32+,34-,35+,36-,37-,39-,40+/m0/s1. The lowest BCUT2D eigenvalue weighted by molar-refractivity contribution is -0.0577. The minimum absolute atomic E-state index is 0.00973. The smallest absolute Gasteiger partial charge is 0.411 e. The average molecular weight is 667 g/mol. The molecule has 7 heteroatoms. The maximum atomic E-state index is 13.0. The number of benzene rings is 1. The number of rotatable bonds is 10. The van der Waals surface area contributed by atoms with Crippen LogP contribution in [0.5, 0.6) is 0 Å². The summed E-state index contributed by atoms with van der Waals surface area (Å²) in [5, 5.41) is 2.84. The van der Waals surface area contributed by atoms with Crippen LogP contribution in [0.1, 0.15) is 137 Å². The van der Waals surface area contributed by atoms with Crippen molar-refractivity contribution in [3.63, 3.8) is 0 Å². The summed E-state index contributed by atoms with van der Waals surface area (Å²) in [7, 11) is -3.58. The summed E-state index contributed by atoms with van der Waals surface area (Å²) >= 11 is 0. The Balaban J connectivity index is 1.03. The van der Waals surface area contributed by atoms with Crippen molar-refractivity contribution in [2.24, 2.45) is 46.3 Å². The van der Waals surface area contributed by atoms with E-state index < -0.39 is 16.1 Å². The van der Waals surface area contributed by atoms with Crippen molar-refractivity contribution in [1.29, 1.82) is 0 Å². The molecular weight excluding hydrogens is 605 g/mol. The van der Waals surface area contributed by atoms with E-state index in [4.69, 9.17) is 4.74 Å². The molecule has 0 heterocycles. The zero-order chi connectivity index (χ0) is 33.4. The second-order valence-electron chi connectivity index (χ2n) is 17.2. The lowest BCUT2D eigenvalue weighted by atomic mass is 9.47. The highest BCUT2D eigenvalue weighted by Crippen LogP contribution is 2.67. The SMILES string of the molecule is CC(C)CCC[C@H](C)[C@H]1CC[C@H]2[C@@H]3CC=C4C[C@H](OC(=O)Nc5ccc(S(=O)(=O)NC6CCCCC6)cc5)CC[C@]4(C)[C@H]3CC[C@]12C. The van der Waals surface area contributed by atoms with E-state index >= 15 is 0 Å². The Labute approximate surface area is 285 Å². The molecule has 5 aliphatic rings. The van der Waals surface area contributed by atoms with Crippen LogP contribution in [0.2, 0.25) is 0 Å². The van der Waals surface area contributed by atoms with Gasteiger partial charge in [-0.2, -0.15) is 0 Å². The van der Waals surface area contributed by atoms with Crippen LogP contribution in [0.4, 0.5) is 10.5 Å². The molecule has 1 aromatic carbocycles. The predicted octanol–water partition coefficient (Wildman–Crippen LogP) is 10.3. The molecule has 0 aliphatic heterocycles. The summed E-state index contributed by atoms with van der Waals surface area (Å²) in [5.41, 5.74) is 2.77. The number of hydrogen-bond donors (Lipinski definition) is 2. The lowest BCUT2D eigenvalue weighted by Gasteiger charge is -2.58. The topological polar surface area (TPSA) is 84.5 Å². The van der Waals surface area contributed by atoms with Crippen LogP contribution in [-0.4, -0.2) is 26.7 Å². The van der Waals surface area contributed by atoms with E-state index in [9.17, 15) is 13.2 Å². The van der Waals surface area contributed by atoms with E-state index in [0.29, 0.717) is 11.1 Å². The van der Waals surface area contributed by atoms with Gasteiger partial charge in [-0.1, -0.05) is 84.8 Å². The van der Waals surface area contributed by atoms with Crippen LogP contribution >= 0.6 is 0 Å². The maximum absolute atomic E-state index is 13.0. The van der Waals surface area contributed by atoms with Gasteiger partial charge in [-0.3, -0.25) is 5.32 Å². The van der Waals surface area contributed by atoms with Gasteiger partial charge in [0.1, 0.15) is 6.10 Å². The molecule has 1 aromatic rings. The quantitative estimate of drug-likeness (QED) is 0.243. The second-order valence-corrected chi connectivity index (χ2v) is 18.9. The minimum atomic E-state index is -3.58. The molecule has 47 heavy (non-hydrogen) atoms. The molecule has 0 unspecified atom stereocenters. The molecule has 4 fully saturated rings. The average Bonchev–Trinajstić information content (AvgIpc) is 3.39. The first-order chi connectivity index (χ1) is 22.4. The summed E-state index contributed by atoms with van der Waals surface area (Å²) in [4.78, 5) is 13.2. The van der Waals surface area contributed by atoms with Crippen molar-refractivity contribution in [3.05, 3.63) is 35.9 Å². The van der Waals surface area contributed by atoms with Crippen molar-refractivity contribution in [2.75, 3.05) is 5.32 Å². The summed E-state index contributed by atoms with van der Waals surface area (Å²) in [6, 6.07) is 6.43. The lowest BCUT2D eigenvalue weighted by Crippen LogP contribution is -2.51. The number of carbonyl (C=O) groups excluding carboxylic acids is 1. The number of amides is 1. The second kappa shape index (κ2) is 14.2. The fourth-order valence-corrected chi connectivity index (χ4v) is 12.6. The Morgan fingerprint density at radius 3 is 2.38 bits per heavy atom. The van der Waals surface area contributed by atoms with Crippen LogP contribution in [0.15, 0.2) is 40.8 Å². The normalized spacial score (nSPS) is 34.9. The van der Waals surface area contributed by atoms with Gasteiger partial charge in [-0.15, -0.1) is 0 Å². The van der Waals surface area contributed by atoms with E-state index in [2.05, 4.69) is 50.7 Å². The van der Waals surface area contributed by atoms with Gasteiger partial charge in [0.2, 0.25) is 10.0 Å². The molecular formula is C40H62N2O4S. The van der Waals surface area contributed by atoms with Crippen molar-refractivity contribution in [1.82, 2.24) is 4.72 Å². The van der Waals surface area contributed by atoms with Crippen LogP contribution < -0.4 is 10.0 Å². The van der Waals surface area contributed by atoms with E-state index in [0.717, 1.165) is 80.5 Å². The zero-order valence-corrected chi connectivity index (χ0v) is 30.7. The Bertz CT molecular complexity index is 1380. The van der Waals surface area contributed by atoms with Gasteiger partial charge in [-0.05, 0) is 128 Å². The molecule has 1 amide bonds. The van der Waals surface area contributed by atoms with E-state index in [1.807, 2.05) is 0 Å². The van der Waals surface area contributed by atoms with Crippen molar-refractivity contribution >= 4 is 21.8 Å². The predicted molar refractivity (Wildman–Crippen MR) is 191 cm³/mol. The summed E-state index contributed by atoms with van der Waals surface area (Å²) < 4.78 is 34.6. The fourth-order valence-electron chi connectivity index (χ4n) is 11.3. The molecule has 6 nitrogen and oxygen atoms in total. The monoisotopic (exact) mass is 666 g/mol. The van der Waals surface area contributed by atoms with Crippen LogP contribution in [0.3, 0.4) is 0 Å². The van der Waals surface area contributed by atoms with Gasteiger partial charge >= 0.3 is 6.09 Å². The van der Waals surface area contributed by atoms with Gasteiger partial charge in [0.05, 0.1) is 4.90 Å². The first-order valence-electron chi connectivity index (χ1n) is 19.2. The first-order valence-corrected chi connectivity index (χ1v) is 20.7. The number of allylic oxidation sites excluding steroid dienone is 1. The van der Waals surface area contributed by atoms with Crippen LogP contribution in [-0.2, 0) is 14.8 Å². The van der Waals surface area contributed by atoms with Crippen molar-refractivity contribution in [2.45, 2.75) is 154 Å². The minimum Gasteiger partial charge on any atom is -0.446 e. The Morgan fingerprint density at radius 1 is 0.915 bits per heavy atom. The highest BCUT2D eigenvalue weighted by molar-refractivity contribution is 7.89. The Morgan fingerprint density at radius 2 is 1.66 bits per heavy atom. The van der Waals surface area contributed by atoms with Crippen molar-refractivity contribution < 1.29 is 17.9 Å². The molecule has 0 aromatic heterocycles. The number of fused-ring (bicyclic) bond motifs is 5. The Kier molecular flexibility index (Phi) is 10.5. The van der Waals surface area contributed by atoms with E-state index in [1.54, 1.807) is 24.3 Å². The maximum Gasteiger partial charge on any atom is 0.411 e. The molecule has 8 atom stereocenters. The van der Waals surface area contributed by atoms with Gasteiger partial charge in [0, 0.05) is 18.2 Å². The van der Waals surface area contributed by atoms with Crippen LogP contribution in [0.25, 0.3) is 0 Å². The number of hydrogen-bond acceptors (Lipinski definition) is 4. The summed E-state index contributed by atoms with van der Waals surface area (Å²) in [6.07, 6.45) is 20.7. The third-order valence-corrected chi connectivity index (χ3v) is 15.4. The number of anilines is 1. The molecule has 5 aliphatic carbocycles. The van der Waals surface area contributed by atoms with E-state index in [-0.39, 0.29) is 22.5 Å². The van der Waals surface area contributed by atoms with E-state index in [1.165, 1.54) is 63.4 Å². The molecule has 4 saturated carbocycles. The molecule has 0 spiro atoms. The van der Waals surface area contributed by atoms with Gasteiger partial charge < -0.3 is 4.74 Å². The highest BCUT2D eigenvalue weighted by atomic mass is 32.2. The van der Waals surface area contributed by atoms with Gasteiger partial charge in [0.15, 0.2) is 0 Å². The molecule has 2 N–H and O–H groups in total. The fraction of sp³-hybridized carbons (Fsp3) is 0.775. The molecule has 0 radical (unpaired) electrons. The molecule has 262 valence electrons. The van der Waals surface area contributed by atoms with Gasteiger partial charge in [-0.25, -0.2) is 17.9 Å². The number of nitrogens with one attached hydrogen (secondary N) is 2. The van der Waals surface area contributed by atoms with Gasteiger partial charge in [0.25, 0.3) is 0 Å². The largest absolute Gasteiger partial charge is 0.446 e. The summed E-state index contributed by atoms with van der Waals surface area (Å²) in [6.45, 7) is 12.4.